The zero-order chi connectivity index (χ0) is 20.3. The van der Waals surface area contributed by atoms with E-state index in [9.17, 15) is 4.79 Å². The van der Waals surface area contributed by atoms with Crippen molar-refractivity contribution in [1.29, 1.82) is 0 Å². The van der Waals surface area contributed by atoms with E-state index < -0.39 is 0 Å². The van der Waals surface area contributed by atoms with E-state index in [1.807, 2.05) is 72.8 Å². The van der Waals surface area contributed by atoms with Crippen LogP contribution < -0.4 is 5.32 Å². The van der Waals surface area contributed by atoms with Gasteiger partial charge in [-0.05, 0) is 35.9 Å². The first-order chi connectivity index (χ1) is 14.8. The average molecular weight is 431 g/mol. The van der Waals surface area contributed by atoms with Gasteiger partial charge in [-0.3, -0.25) is 4.79 Å². The summed E-state index contributed by atoms with van der Waals surface area (Å²) in [6.07, 6.45) is 0. The molecule has 0 atom stereocenters. The Morgan fingerprint density at radius 1 is 0.933 bits per heavy atom. The van der Waals surface area contributed by atoms with Gasteiger partial charge < -0.3 is 10.3 Å². The molecule has 5 rings (SSSR count). The van der Waals surface area contributed by atoms with E-state index in [1.54, 1.807) is 23.1 Å². The molecule has 0 aliphatic heterocycles. The number of imidazole rings is 1. The summed E-state index contributed by atoms with van der Waals surface area (Å²) < 4.78 is 1.13. The maximum Gasteiger partial charge on any atom is 0.251 e. The standard InChI is InChI=1S/C23H18N4OS2/c28-22(24-13-21-25-19-11-5-6-12-20(19)30-21)16-8-2-1-7-15(16)14-29-23-26-17-9-3-4-10-18(17)27-23/h1-12H,13-14H2,(H,24,28)(H,26,27). The molecule has 0 spiro atoms. The van der Waals surface area contributed by atoms with Crippen LogP contribution in [-0.2, 0) is 12.3 Å². The van der Waals surface area contributed by atoms with Gasteiger partial charge in [0.1, 0.15) is 5.01 Å². The molecular weight excluding hydrogens is 412 g/mol. The summed E-state index contributed by atoms with van der Waals surface area (Å²) in [7, 11) is 0. The summed E-state index contributed by atoms with van der Waals surface area (Å²) >= 11 is 3.20. The highest BCUT2D eigenvalue weighted by Gasteiger charge is 2.13. The lowest BCUT2D eigenvalue weighted by atomic mass is 10.1. The number of nitrogens with zero attached hydrogens (tertiary/aromatic N) is 2. The lowest BCUT2D eigenvalue weighted by molar-refractivity contribution is 0.0950. The first kappa shape index (κ1) is 18.8. The van der Waals surface area contributed by atoms with Crippen molar-refractivity contribution in [3.8, 4) is 0 Å². The van der Waals surface area contributed by atoms with Crippen LogP contribution in [0.5, 0.6) is 0 Å². The van der Waals surface area contributed by atoms with Crippen molar-refractivity contribution in [2.75, 3.05) is 0 Å². The van der Waals surface area contributed by atoms with Gasteiger partial charge in [-0.15, -0.1) is 11.3 Å². The molecule has 0 unspecified atom stereocenters. The van der Waals surface area contributed by atoms with Gasteiger partial charge in [-0.1, -0.05) is 54.2 Å². The maximum atomic E-state index is 12.8. The lowest BCUT2D eigenvalue weighted by Crippen LogP contribution is -2.23. The van der Waals surface area contributed by atoms with Gasteiger partial charge >= 0.3 is 0 Å². The Morgan fingerprint density at radius 3 is 2.57 bits per heavy atom. The van der Waals surface area contributed by atoms with Gasteiger partial charge in [0.05, 0.1) is 27.8 Å². The van der Waals surface area contributed by atoms with Crippen LogP contribution in [0.4, 0.5) is 0 Å². The summed E-state index contributed by atoms with van der Waals surface area (Å²) in [5, 5.41) is 4.76. The number of hydrogen-bond donors (Lipinski definition) is 2. The fourth-order valence-corrected chi connectivity index (χ4v) is 5.05. The number of nitrogens with one attached hydrogen (secondary N) is 2. The molecular formula is C23H18N4OS2. The molecule has 0 fully saturated rings. The number of rotatable bonds is 6. The molecule has 0 aliphatic rings. The van der Waals surface area contributed by atoms with Crippen molar-refractivity contribution in [3.63, 3.8) is 0 Å². The highest BCUT2D eigenvalue weighted by Crippen LogP contribution is 2.25. The number of hydrogen-bond acceptors (Lipinski definition) is 5. The van der Waals surface area contributed by atoms with E-state index in [-0.39, 0.29) is 5.91 Å². The van der Waals surface area contributed by atoms with Gasteiger partial charge in [0.25, 0.3) is 5.91 Å². The monoisotopic (exact) mass is 430 g/mol. The third-order valence-electron chi connectivity index (χ3n) is 4.73. The molecule has 0 bridgehead atoms. The number of carbonyl (C=O) groups excluding carboxylic acids is 1. The third-order valence-corrected chi connectivity index (χ3v) is 6.69. The minimum Gasteiger partial charge on any atom is -0.346 e. The van der Waals surface area contributed by atoms with Crippen molar-refractivity contribution in [2.45, 2.75) is 17.5 Å². The molecule has 7 heteroatoms. The van der Waals surface area contributed by atoms with Crippen LogP contribution in [0.15, 0.2) is 78.0 Å². The first-order valence-corrected chi connectivity index (χ1v) is 11.3. The number of aromatic amines is 1. The Morgan fingerprint density at radius 2 is 1.70 bits per heavy atom. The molecule has 3 aromatic carbocycles. The fourth-order valence-electron chi connectivity index (χ4n) is 3.26. The minimum absolute atomic E-state index is 0.0879. The molecule has 2 heterocycles. The lowest BCUT2D eigenvalue weighted by Gasteiger charge is -2.08. The Kier molecular flexibility index (Phi) is 5.21. The molecule has 5 aromatic rings. The van der Waals surface area contributed by atoms with Crippen LogP contribution in [0.25, 0.3) is 21.3 Å². The predicted molar refractivity (Wildman–Crippen MR) is 123 cm³/mol. The van der Waals surface area contributed by atoms with Gasteiger partial charge in [0, 0.05) is 11.3 Å². The van der Waals surface area contributed by atoms with Crippen molar-refractivity contribution in [2.24, 2.45) is 0 Å². The van der Waals surface area contributed by atoms with E-state index >= 15 is 0 Å². The Hall–Kier alpha value is -3.16. The van der Waals surface area contributed by atoms with Crippen LogP contribution in [0.3, 0.4) is 0 Å². The number of thioether (sulfide) groups is 1. The normalized spacial score (nSPS) is 11.2. The van der Waals surface area contributed by atoms with Crippen LogP contribution in [0, 0.1) is 0 Å². The maximum absolute atomic E-state index is 12.8. The van der Waals surface area contributed by atoms with Crippen molar-refractivity contribution in [3.05, 3.63) is 88.9 Å². The molecule has 0 aliphatic carbocycles. The SMILES string of the molecule is O=C(NCc1nc2ccccc2s1)c1ccccc1CSc1nc2ccccc2[nH]1. The van der Waals surface area contributed by atoms with Crippen LogP contribution in [0.2, 0.25) is 0 Å². The molecule has 30 heavy (non-hydrogen) atoms. The number of amides is 1. The number of thiazole rings is 1. The molecule has 2 N–H and O–H groups in total. The number of carbonyl (C=O) groups is 1. The molecule has 1 amide bonds. The largest absolute Gasteiger partial charge is 0.346 e. The summed E-state index contributed by atoms with van der Waals surface area (Å²) in [4.78, 5) is 25.3. The minimum atomic E-state index is -0.0879. The molecule has 0 radical (unpaired) electrons. The smallest absolute Gasteiger partial charge is 0.251 e. The van der Waals surface area contributed by atoms with Gasteiger partial charge in [-0.25, -0.2) is 9.97 Å². The predicted octanol–water partition coefficient (Wildman–Crippen LogP) is 5.39. The molecule has 0 saturated heterocycles. The van der Waals surface area contributed by atoms with Crippen LogP contribution >= 0.6 is 23.1 Å². The van der Waals surface area contributed by atoms with E-state index in [0.29, 0.717) is 17.9 Å². The summed E-state index contributed by atoms with van der Waals surface area (Å²) in [6, 6.07) is 23.7. The Labute approximate surface area is 181 Å². The van der Waals surface area contributed by atoms with Crippen molar-refractivity contribution in [1.82, 2.24) is 20.3 Å². The zero-order valence-corrected chi connectivity index (χ0v) is 17.6. The summed E-state index contributed by atoms with van der Waals surface area (Å²) in [6.45, 7) is 0.420. The summed E-state index contributed by atoms with van der Waals surface area (Å²) in [5.74, 6) is 0.569. The molecule has 2 aromatic heterocycles. The van der Waals surface area contributed by atoms with E-state index in [1.165, 1.54) is 0 Å². The van der Waals surface area contributed by atoms with E-state index in [0.717, 1.165) is 37.0 Å². The second kappa shape index (κ2) is 8.30. The number of para-hydroxylation sites is 3. The number of benzene rings is 3. The topological polar surface area (TPSA) is 70.7 Å². The fraction of sp³-hybridized carbons (Fsp3) is 0.0870. The second-order valence-corrected chi connectivity index (χ2v) is 8.84. The average Bonchev–Trinajstić information content (AvgIpc) is 3.39. The van der Waals surface area contributed by atoms with E-state index in [4.69, 9.17) is 0 Å². The second-order valence-electron chi connectivity index (χ2n) is 6.76. The summed E-state index contributed by atoms with van der Waals surface area (Å²) in [5.41, 5.74) is 4.59. The highest BCUT2D eigenvalue weighted by atomic mass is 32.2. The quantitative estimate of drug-likeness (QED) is 0.354. The molecule has 0 saturated carbocycles. The molecule has 5 nitrogen and oxygen atoms in total. The van der Waals surface area contributed by atoms with Gasteiger partial charge in [0.15, 0.2) is 5.16 Å². The molecule has 148 valence electrons. The number of H-pyrrole nitrogens is 1. The number of fused-ring (bicyclic) bond motifs is 2. The first-order valence-electron chi connectivity index (χ1n) is 9.54. The highest BCUT2D eigenvalue weighted by molar-refractivity contribution is 7.98. The Bertz CT molecular complexity index is 1280. The van der Waals surface area contributed by atoms with Gasteiger partial charge in [-0.2, -0.15) is 0 Å². The van der Waals surface area contributed by atoms with Crippen LogP contribution in [-0.4, -0.2) is 20.9 Å². The van der Waals surface area contributed by atoms with Gasteiger partial charge in [0.2, 0.25) is 0 Å². The Balaban J connectivity index is 1.27. The van der Waals surface area contributed by atoms with Crippen LogP contribution in [0.1, 0.15) is 20.9 Å². The zero-order valence-electron chi connectivity index (χ0n) is 16.0. The van der Waals surface area contributed by atoms with Crippen molar-refractivity contribution < 1.29 is 4.79 Å². The number of aromatic nitrogens is 3. The van der Waals surface area contributed by atoms with Crippen molar-refractivity contribution >= 4 is 50.3 Å². The third kappa shape index (κ3) is 3.94. The van der Waals surface area contributed by atoms with E-state index in [2.05, 4.69) is 20.3 Å².